The molecule has 2 saturated carbocycles. The van der Waals surface area contributed by atoms with E-state index in [-0.39, 0.29) is 12.0 Å². The summed E-state index contributed by atoms with van der Waals surface area (Å²) in [6.45, 7) is 0. The molecule has 3 aliphatic rings. The van der Waals surface area contributed by atoms with Crippen molar-refractivity contribution < 1.29 is 9.53 Å². The molecule has 70 valence electrons. The average molecular weight is 178 g/mol. The first kappa shape index (κ1) is 7.74. The van der Waals surface area contributed by atoms with Crippen molar-refractivity contribution in [1.82, 2.24) is 0 Å². The predicted octanol–water partition coefficient (Wildman–Crippen LogP) is 1.41. The van der Waals surface area contributed by atoms with E-state index in [9.17, 15) is 4.79 Å². The summed E-state index contributed by atoms with van der Waals surface area (Å²) in [5, 5.41) is 0. The fourth-order valence-electron chi connectivity index (χ4n) is 3.53. The summed E-state index contributed by atoms with van der Waals surface area (Å²) in [5.74, 6) is 2.43. The number of rotatable bonds is 1. The van der Waals surface area contributed by atoms with Crippen LogP contribution in [-0.4, -0.2) is 19.0 Å². The SMILES string of the molecule is COC1CC2C=CC3CC(=O)C1C32. The highest BCUT2D eigenvalue weighted by Crippen LogP contribution is 2.54. The molecule has 0 aromatic heterocycles. The highest BCUT2D eigenvalue weighted by molar-refractivity contribution is 5.85. The van der Waals surface area contributed by atoms with Crippen molar-refractivity contribution >= 4 is 5.78 Å². The van der Waals surface area contributed by atoms with Crippen molar-refractivity contribution in [3.63, 3.8) is 0 Å². The van der Waals surface area contributed by atoms with E-state index in [1.807, 2.05) is 0 Å². The van der Waals surface area contributed by atoms with Gasteiger partial charge in [-0.3, -0.25) is 4.79 Å². The summed E-state index contributed by atoms with van der Waals surface area (Å²) in [6.07, 6.45) is 6.58. The summed E-state index contributed by atoms with van der Waals surface area (Å²) in [6, 6.07) is 0. The number of methoxy groups -OCH3 is 1. The van der Waals surface area contributed by atoms with Crippen LogP contribution >= 0.6 is 0 Å². The van der Waals surface area contributed by atoms with E-state index >= 15 is 0 Å². The predicted molar refractivity (Wildman–Crippen MR) is 48.1 cm³/mol. The third-order valence-corrected chi connectivity index (χ3v) is 4.03. The van der Waals surface area contributed by atoms with Crippen LogP contribution in [0.2, 0.25) is 0 Å². The molecule has 0 aromatic carbocycles. The van der Waals surface area contributed by atoms with Crippen molar-refractivity contribution in [2.45, 2.75) is 18.9 Å². The molecule has 3 aliphatic carbocycles. The zero-order valence-electron chi connectivity index (χ0n) is 7.77. The van der Waals surface area contributed by atoms with Crippen LogP contribution in [0, 0.1) is 23.7 Å². The number of allylic oxidation sites excluding steroid dienone is 2. The molecule has 0 aliphatic heterocycles. The van der Waals surface area contributed by atoms with Crippen LogP contribution < -0.4 is 0 Å². The monoisotopic (exact) mass is 178 g/mol. The number of ketones is 1. The number of ether oxygens (including phenoxy) is 1. The highest BCUT2D eigenvalue weighted by Gasteiger charge is 2.55. The van der Waals surface area contributed by atoms with Crippen molar-refractivity contribution in [2.75, 3.05) is 7.11 Å². The minimum absolute atomic E-state index is 0.206. The Morgan fingerprint density at radius 3 is 2.92 bits per heavy atom. The van der Waals surface area contributed by atoms with Gasteiger partial charge in [0.05, 0.1) is 6.10 Å². The second-order valence-corrected chi connectivity index (χ2v) is 4.50. The lowest BCUT2D eigenvalue weighted by Crippen LogP contribution is -2.23. The van der Waals surface area contributed by atoms with Gasteiger partial charge in [-0.05, 0) is 24.2 Å². The van der Waals surface area contributed by atoms with Gasteiger partial charge in [0.15, 0.2) is 0 Å². The highest BCUT2D eigenvalue weighted by atomic mass is 16.5. The lowest BCUT2D eigenvalue weighted by molar-refractivity contribution is -0.124. The van der Waals surface area contributed by atoms with E-state index in [1.165, 1.54) is 0 Å². The zero-order chi connectivity index (χ0) is 9.00. The maximum absolute atomic E-state index is 11.7. The van der Waals surface area contributed by atoms with E-state index in [0.717, 1.165) is 12.8 Å². The standard InChI is InChI=1S/C11H14O2/c1-13-9-5-7-3-2-6-4-8(12)11(9)10(6)7/h2-3,6-7,9-11H,4-5H2,1H3. The van der Waals surface area contributed by atoms with Crippen molar-refractivity contribution in [3.8, 4) is 0 Å². The minimum atomic E-state index is 0.206. The van der Waals surface area contributed by atoms with Gasteiger partial charge in [-0.1, -0.05) is 12.2 Å². The van der Waals surface area contributed by atoms with Gasteiger partial charge in [0.1, 0.15) is 5.78 Å². The molecule has 2 fully saturated rings. The molecule has 5 unspecified atom stereocenters. The van der Waals surface area contributed by atoms with Crippen LogP contribution in [0.25, 0.3) is 0 Å². The molecular formula is C11H14O2. The Hall–Kier alpha value is -0.630. The normalized spacial score (nSPS) is 51.8. The summed E-state index contributed by atoms with van der Waals surface area (Å²) in [4.78, 5) is 11.7. The molecular weight excluding hydrogens is 164 g/mol. The van der Waals surface area contributed by atoms with Gasteiger partial charge in [-0.2, -0.15) is 0 Å². The first-order chi connectivity index (χ1) is 6.31. The average Bonchev–Trinajstić information content (AvgIpc) is 2.70. The third-order valence-electron chi connectivity index (χ3n) is 4.03. The van der Waals surface area contributed by atoms with E-state index in [0.29, 0.717) is 23.5 Å². The first-order valence-corrected chi connectivity index (χ1v) is 5.05. The van der Waals surface area contributed by atoms with Crippen LogP contribution in [0.1, 0.15) is 12.8 Å². The van der Waals surface area contributed by atoms with Gasteiger partial charge in [0, 0.05) is 19.4 Å². The van der Waals surface area contributed by atoms with Crippen LogP contribution in [-0.2, 0) is 9.53 Å². The largest absolute Gasteiger partial charge is 0.381 e. The molecule has 0 N–H and O–H groups in total. The molecule has 0 heterocycles. The molecule has 0 aromatic rings. The molecule has 0 spiro atoms. The topological polar surface area (TPSA) is 26.3 Å². The molecule has 2 nitrogen and oxygen atoms in total. The van der Waals surface area contributed by atoms with Crippen LogP contribution in [0.3, 0.4) is 0 Å². The Morgan fingerprint density at radius 2 is 2.15 bits per heavy atom. The van der Waals surface area contributed by atoms with Gasteiger partial charge in [0.25, 0.3) is 0 Å². The molecule has 2 heteroatoms. The Morgan fingerprint density at radius 1 is 1.38 bits per heavy atom. The molecule has 3 rings (SSSR count). The fourth-order valence-corrected chi connectivity index (χ4v) is 3.53. The second-order valence-electron chi connectivity index (χ2n) is 4.50. The number of hydrogen-bond acceptors (Lipinski definition) is 2. The lowest BCUT2D eigenvalue weighted by Gasteiger charge is -2.15. The Balaban J connectivity index is 1.98. The molecule has 0 saturated heterocycles. The molecule has 5 atom stereocenters. The van der Waals surface area contributed by atoms with Crippen LogP contribution in [0.4, 0.5) is 0 Å². The fraction of sp³-hybridized carbons (Fsp3) is 0.727. The van der Waals surface area contributed by atoms with Gasteiger partial charge in [0.2, 0.25) is 0 Å². The van der Waals surface area contributed by atoms with Gasteiger partial charge in [-0.15, -0.1) is 0 Å². The van der Waals surface area contributed by atoms with Gasteiger partial charge < -0.3 is 4.74 Å². The van der Waals surface area contributed by atoms with Crippen molar-refractivity contribution in [1.29, 1.82) is 0 Å². The third kappa shape index (κ3) is 0.845. The number of carbonyl (C=O) groups excluding carboxylic acids is 1. The first-order valence-electron chi connectivity index (χ1n) is 5.05. The Labute approximate surface area is 78.0 Å². The van der Waals surface area contributed by atoms with E-state index < -0.39 is 0 Å². The summed E-state index contributed by atoms with van der Waals surface area (Å²) >= 11 is 0. The number of carbonyl (C=O) groups is 1. The van der Waals surface area contributed by atoms with Crippen molar-refractivity contribution in [3.05, 3.63) is 12.2 Å². The second kappa shape index (κ2) is 2.44. The lowest BCUT2D eigenvalue weighted by atomic mass is 9.91. The Kier molecular flexibility index (Phi) is 1.46. The Bertz CT molecular complexity index is 282. The molecule has 0 bridgehead atoms. The van der Waals surface area contributed by atoms with E-state index in [1.54, 1.807) is 7.11 Å². The maximum Gasteiger partial charge on any atom is 0.139 e. The van der Waals surface area contributed by atoms with Gasteiger partial charge in [-0.25, -0.2) is 0 Å². The van der Waals surface area contributed by atoms with Crippen LogP contribution in [0.5, 0.6) is 0 Å². The number of Topliss-reactive ketones (excluding diaryl/α,β-unsaturated/α-hetero) is 1. The number of hydrogen-bond donors (Lipinski definition) is 0. The minimum Gasteiger partial charge on any atom is -0.381 e. The molecule has 0 radical (unpaired) electrons. The zero-order valence-corrected chi connectivity index (χ0v) is 7.77. The molecule has 0 amide bonds. The quantitative estimate of drug-likeness (QED) is 0.567. The maximum atomic E-state index is 11.7. The summed E-state index contributed by atoms with van der Waals surface area (Å²) in [5.41, 5.74) is 0. The summed E-state index contributed by atoms with van der Waals surface area (Å²) in [7, 11) is 1.73. The van der Waals surface area contributed by atoms with E-state index in [2.05, 4.69) is 12.2 Å². The molecule has 13 heavy (non-hydrogen) atoms. The van der Waals surface area contributed by atoms with E-state index in [4.69, 9.17) is 4.74 Å². The summed E-state index contributed by atoms with van der Waals surface area (Å²) < 4.78 is 5.39. The van der Waals surface area contributed by atoms with Crippen LogP contribution in [0.15, 0.2) is 12.2 Å². The van der Waals surface area contributed by atoms with Crippen molar-refractivity contribution in [2.24, 2.45) is 23.7 Å². The van der Waals surface area contributed by atoms with Gasteiger partial charge >= 0.3 is 0 Å². The smallest absolute Gasteiger partial charge is 0.139 e.